The lowest BCUT2D eigenvalue weighted by Gasteiger charge is -2.05. The normalized spacial score (nSPS) is 10.3. The molecule has 1 aromatic heterocycles. The van der Waals surface area contributed by atoms with E-state index in [-0.39, 0.29) is 0 Å². The first-order valence-electron chi connectivity index (χ1n) is 6.45. The zero-order chi connectivity index (χ0) is 14.5. The Hall–Kier alpha value is -2.30. The highest BCUT2D eigenvalue weighted by Gasteiger charge is 2.22. The summed E-state index contributed by atoms with van der Waals surface area (Å²) in [6, 6.07) is 7.37. The molecule has 0 amide bonds. The number of rotatable bonds is 5. The van der Waals surface area contributed by atoms with Crippen molar-refractivity contribution in [3.05, 3.63) is 35.6 Å². The Morgan fingerprint density at radius 1 is 1.30 bits per heavy atom. The monoisotopic (exact) mass is 275 g/mol. The molecule has 0 unspecified atom stereocenters. The van der Waals surface area contributed by atoms with Gasteiger partial charge in [-0.1, -0.05) is 12.1 Å². The molecule has 1 heterocycles. The summed E-state index contributed by atoms with van der Waals surface area (Å²) in [5.41, 5.74) is 1.62. The fourth-order valence-corrected chi connectivity index (χ4v) is 1.84. The third-order valence-corrected chi connectivity index (χ3v) is 2.85. The number of esters is 1. The van der Waals surface area contributed by atoms with Gasteiger partial charge in [-0.25, -0.2) is 4.79 Å². The maximum atomic E-state index is 11.8. The molecule has 5 nitrogen and oxygen atoms in total. The Morgan fingerprint density at radius 3 is 2.60 bits per heavy atom. The van der Waals surface area contributed by atoms with Gasteiger partial charge in [-0.3, -0.25) is 0 Å². The molecule has 0 aliphatic carbocycles. The van der Waals surface area contributed by atoms with E-state index in [9.17, 15) is 4.79 Å². The van der Waals surface area contributed by atoms with Gasteiger partial charge in [-0.15, -0.1) is 0 Å². The summed E-state index contributed by atoms with van der Waals surface area (Å²) in [5.74, 6) is 0.777. The van der Waals surface area contributed by atoms with Crippen LogP contribution in [0.2, 0.25) is 0 Å². The van der Waals surface area contributed by atoms with E-state index in [1.807, 2.05) is 24.3 Å². The van der Waals surface area contributed by atoms with E-state index in [1.54, 1.807) is 6.92 Å². The van der Waals surface area contributed by atoms with Gasteiger partial charge >= 0.3 is 5.97 Å². The van der Waals surface area contributed by atoms with Crippen molar-refractivity contribution in [1.29, 1.82) is 0 Å². The molecule has 5 heteroatoms. The van der Waals surface area contributed by atoms with E-state index < -0.39 is 5.97 Å². The number of hydrogen-bond donors (Lipinski definition) is 0. The number of carbonyl (C=O) groups is 1. The zero-order valence-electron chi connectivity index (χ0n) is 11.8. The largest absolute Gasteiger partial charge is 0.494 e. The van der Waals surface area contributed by atoms with Crippen LogP contribution in [-0.4, -0.2) is 24.8 Å². The van der Waals surface area contributed by atoms with Crippen molar-refractivity contribution in [2.24, 2.45) is 0 Å². The number of aromatic nitrogens is 1. The van der Waals surface area contributed by atoms with Crippen LogP contribution in [0.15, 0.2) is 28.8 Å². The highest BCUT2D eigenvalue weighted by atomic mass is 16.5. The molecule has 0 spiro atoms. The van der Waals surface area contributed by atoms with Crippen molar-refractivity contribution in [2.45, 2.75) is 20.3 Å². The van der Waals surface area contributed by atoms with Gasteiger partial charge in [-0.2, -0.15) is 0 Å². The van der Waals surface area contributed by atoms with Crippen molar-refractivity contribution >= 4 is 5.97 Å². The maximum absolute atomic E-state index is 11.8. The van der Waals surface area contributed by atoms with Gasteiger partial charge in [0.2, 0.25) is 0 Å². The zero-order valence-corrected chi connectivity index (χ0v) is 11.8. The molecule has 0 aliphatic rings. The van der Waals surface area contributed by atoms with E-state index in [0.29, 0.717) is 23.6 Å². The average molecular weight is 275 g/mol. The van der Waals surface area contributed by atoms with Gasteiger partial charge in [0.05, 0.1) is 13.7 Å². The van der Waals surface area contributed by atoms with Crippen LogP contribution in [-0.2, 0) is 4.74 Å². The Bertz CT molecular complexity index is 586. The maximum Gasteiger partial charge on any atom is 0.343 e. The number of nitrogens with zero attached hydrogens (tertiary/aromatic N) is 1. The van der Waals surface area contributed by atoms with E-state index in [2.05, 4.69) is 12.1 Å². The minimum absolute atomic E-state index is 0.356. The topological polar surface area (TPSA) is 61.6 Å². The SMILES string of the molecule is CCCOc1ccc(-c2noc(C)c2C(=O)OC)cc1. The molecule has 2 aromatic rings. The lowest BCUT2D eigenvalue weighted by atomic mass is 10.1. The molecular weight excluding hydrogens is 258 g/mol. The number of benzene rings is 1. The van der Waals surface area contributed by atoms with Crippen molar-refractivity contribution in [2.75, 3.05) is 13.7 Å². The van der Waals surface area contributed by atoms with E-state index in [4.69, 9.17) is 14.0 Å². The molecule has 2 rings (SSSR count). The summed E-state index contributed by atoms with van der Waals surface area (Å²) in [4.78, 5) is 11.8. The quantitative estimate of drug-likeness (QED) is 0.784. The first-order chi connectivity index (χ1) is 9.67. The second-order valence-electron chi connectivity index (χ2n) is 4.33. The van der Waals surface area contributed by atoms with Crippen molar-refractivity contribution < 1.29 is 18.8 Å². The molecule has 0 N–H and O–H groups in total. The second kappa shape index (κ2) is 6.23. The predicted molar refractivity (Wildman–Crippen MR) is 73.8 cm³/mol. The van der Waals surface area contributed by atoms with Gasteiger partial charge in [0.15, 0.2) is 0 Å². The van der Waals surface area contributed by atoms with Crippen LogP contribution < -0.4 is 4.74 Å². The Kier molecular flexibility index (Phi) is 4.40. The molecule has 106 valence electrons. The van der Waals surface area contributed by atoms with E-state index in [1.165, 1.54) is 7.11 Å². The van der Waals surface area contributed by atoms with Crippen LogP contribution >= 0.6 is 0 Å². The van der Waals surface area contributed by atoms with E-state index >= 15 is 0 Å². The van der Waals surface area contributed by atoms with Crippen LogP contribution in [0.5, 0.6) is 5.75 Å². The molecule has 0 aliphatic heterocycles. The van der Waals surface area contributed by atoms with E-state index in [0.717, 1.165) is 17.7 Å². The summed E-state index contributed by atoms with van der Waals surface area (Å²) in [6.07, 6.45) is 0.955. The molecule has 0 radical (unpaired) electrons. The minimum Gasteiger partial charge on any atom is -0.494 e. The van der Waals surface area contributed by atoms with Gasteiger partial charge in [0.1, 0.15) is 22.8 Å². The molecule has 0 bridgehead atoms. The number of aryl methyl sites for hydroxylation is 1. The van der Waals surface area contributed by atoms with Crippen LogP contribution in [0.4, 0.5) is 0 Å². The summed E-state index contributed by atoms with van der Waals surface area (Å²) in [5, 5.41) is 3.93. The molecule has 0 saturated carbocycles. The van der Waals surface area contributed by atoms with Gasteiger partial charge in [0.25, 0.3) is 0 Å². The summed E-state index contributed by atoms with van der Waals surface area (Å²) >= 11 is 0. The van der Waals surface area contributed by atoms with Gasteiger partial charge in [0, 0.05) is 5.56 Å². The molecule has 0 saturated heterocycles. The summed E-state index contributed by atoms with van der Waals surface area (Å²) in [7, 11) is 1.33. The number of methoxy groups -OCH3 is 1. The Labute approximate surface area is 117 Å². The first-order valence-corrected chi connectivity index (χ1v) is 6.45. The average Bonchev–Trinajstić information content (AvgIpc) is 2.86. The smallest absolute Gasteiger partial charge is 0.343 e. The number of carbonyl (C=O) groups excluding carboxylic acids is 1. The molecule has 20 heavy (non-hydrogen) atoms. The Balaban J connectivity index is 2.30. The fraction of sp³-hybridized carbons (Fsp3) is 0.333. The fourth-order valence-electron chi connectivity index (χ4n) is 1.84. The van der Waals surface area contributed by atoms with Crippen LogP contribution in [0, 0.1) is 6.92 Å². The minimum atomic E-state index is -0.454. The first kappa shape index (κ1) is 14.1. The highest BCUT2D eigenvalue weighted by Crippen LogP contribution is 2.27. The second-order valence-corrected chi connectivity index (χ2v) is 4.33. The molecule has 1 aromatic carbocycles. The molecular formula is C15H17NO4. The third kappa shape index (κ3) is 2.82. The summed E-state index contributed by atoms with van der Waals surface area (Å²) in [6.45, 7) is 4.41. The highest BCUT2D eigenvalue weighted by molar-refractivity contribution is 5.96. The van der Waals surface area contributed by atoms with Crippen LogP contribution in [0.3, 0.4) is 0 Å². The summed E-state index contributed by atoms with van der Waals surface area (Å²) < 4.78 is 15.4. The standard InChI is InChI=1S/C15H17NO4/c1-4-9-19-12-7-5-11(6-8-12)14-13(15(17)18-3)10(2)20-16-14/h5-8H,4,9H2,1-3H3. The lowest BCUT2D eigenvalue weighted by Crippen LogP contribution is -2.03. The molecule has 0 atom stereocenters. The molecule has 0 fully saturated rings. The lowest BCUT2D eigenvalue weighted by molar-refractivity contribution is 0.0599. The number of ether oxygens (including phenoxy) is 2. The van der Waals surface area contributed by atoms with Crippen molar-refractivity contribution in [3.63, 3.8) is 0 Å². The van der Waals surface area contributed by atoms with Gasteiger partial charge < -0.3 is 14.0 Å². The van der Waals surface area contributed by atoms with Crippen LogP contribution in [0.1, 0.15) is 29.5 Å². The Morgan fingerprint density at radius 2 is 2.00 bits per heavy atom. The van der Waals surface area contributed by atoms with Crippen molar-refractivity contribution in [1.82, 2.24) is 5.16 Å². The van der Waals surface area contributed by atoms with Crippen molar-refractivity contribution in [3.8, 4) is 17.0 Å². The third-order valence-electron chi connectivity index (χ3n) is 2.85. The van der Waals surface area contributed by atoms with Crippen LogP contribution in [0.25, 0.3) is 11.3 Å². The predicted octanol–water partition coefficient (Wildman–Crippen LogP) is 3.23. The van der Waals surface area contributed by atoms with Gasteiger partial charge in [-0.05, 0) is 37.6 Å². The number of hydrogen-bond acceptors (Lipinski definition) is 5.